The summed E-state index contributed by atoms with van der Waals surface area (Å²) in [6.07, 6.45) is 23.6. The van der Waals surface area contributed by atoms with Crippen LogP contribution < -0.4 is 0 Å². The van der Waals surface area contributed by atoms with Gasteiger partial charge in [-0.15, -0.1) is 0 Å². The van der Waals surface area contributed by atoms with Gasteiger partial charge in [0.25, 0.3) is 0 Å². The van der Waals surface area contributed by atoms with E-state index in [2.05, 4.69) is 139 Å². The number of phenols is 1. The zero-order valence-corrected chi connectivity index (χ0v) is 39.5. The summed E-state index contributed by atoms with van der Waals surface area (Å²) in [7, 11) is 0. The van der Waals surface area contributed by atoms with Crippen LogP contribution in [-0.2, 0) is 52.7 Å². The first-order chi connectivity index (χ1) is 29.4. The number of aromatic hydroxyl groups is 1. The van der Waals surface area contributed by atoms with Gasteiger partial charge < -0.3 is 19.3 Å². The van der Waals surface area contributed by atoms with Gasteiger partial charge in [0.15, 0.2) is 0 Å². The van der Waals surface area contributed by atoms with Crippen LogP contribution in [0.25, 0.3) is 0 Å². The van der Waals surface area contributed by atoms with Crippen molar-refractivity contribution in [2.45, 2.75) is 193 Å². The summed E-state index contributed by atoms with van der Waals surface area (Å²) < 4.78 is 19.9. The molecule has 4 nitrogen and oxygen atoms in total. The van der Waals surface area contributed by atoms with Crippen LogP contribution in [0.4, 0.5) is 0 Å². The first kappa shape index (κ1) is 50.2. The molecular weight excluding hydrogens is 749 g/mol. The second-order valence-electron chi connectivity index (χ2n) is 19.6. The summed E-state index contributed by atoms with van der Waals surface area (Å²) in [6, 6.07) is 36.5. The smallest absolute Gasteiger partial charge is 0.119 e. The number of hydrogen-bond donors (Lipinski definition) is 1. The fourth-order valence-corrected chi connectivity index (χ4v) is 8.64. The van der Waals surface area contributed by atoms with Crippen LogP contribution in [0.2, 0.25) is 0 Å². The van der Waals surface area contributed by atoms with Crippen molar-refractivity contribution in [1.29, 1.82) is 0 Å². The van der Waals surface area contributed by atoms with Gasteiger partial charge in [-0.3, -0.25) is 0 Å². The number of ether oxygens (including phenoxy) is 3. The molecule has 4 aromatic carbocycles. The van der Waals surface area contributed by atoms with Crippen LogP contribution in [0, 0.1) is 0 Å². The largest absolute Gasteiger partial charge is 0.508 e. The lowest BCUT2D eigenvalue weighted by Gasteiger charge is -2.33. The Balaban J connectivity index is 1.29. The number of unbranched alkanes of at least 4 members (excludes halogenated alkanes) is 12. The SMILES string of the molecule is CC(C)(Cc1ccc(O)c(CC(C)(C)OCCCCCCCc2ccccc2)c1CC(C)(C)OCCCCCCCc1ccccc1)OCCCCCCCc1ccccc1. The first-order valence-electron chi connectivity index (χ1n) is 24.3. The Morgan fingerprint density at radius 3 is 1.03 bits per heavy atom. The Kier molecular flexibility index (Phi) is 22.7. The minimum atomic E-state index is -0.420. The van der Waals surface area contributed by atoms with Crippen LogP contribution in [0.5, 0.6) is 5.75 Å². The van der Waals surface area contributed by atoms with Crippen molar-refractivity contribution in [3.05, 3.63) is 137 Å². The van der Waals surface area contributed by atoms with E-state index in [0.29, 0.717) is 12.2 Å². The molecule has 0 spiro atoms. The number of benzene rings is 4. The Morgan fingerprint density at radius 2 is 0.656 bits per heavy atom. The van der Waals surface area contributed by atoms with E-state index < -0.39 is 5.60 Å². The van der Waals surface area contributed by atoms with Crippen molar-refractivity contribution in [3.63, 3.8) is 0 Å². The van der Waals surface area contributed by atoms with E-state index in [0.717, 1.165) is 76.8 Å². The number of phenolic OH excluding ortho intramolecular Hbond substituents is 1. The van der Waals surface area contributed by atoms with Gasteiger partial charge in [0.2, 0.25) is 0 Å². The van der Waals surface area contributed by atoms with Gasteiger partial charge in [-0.05, 0) is 133 Å². The lowest BCUT2D eigenvalue weighted by atomic mass is 9.83. The highest BCUT2D eigenvalue weighted by Gasteiger charge is 2.30. The van der Waals surface area contributed by atoms with Crippen molar-refractivity contribution in [2.24, 2.45) is 0 Å². The van der Waals surface area contributed by atoms with Crippen molar-refractivity contribution in [1.82, 2.24) is 0 Å². The standard InChI is InChI=1S/C57H84O4/c1-55(2,59-42-28-13-7-10-19-31-48-34-22-16-23-35-48)45-51-40-41-54(58)53(47-57(5,6)61-44-30-15-9-12-21-33-50-38-26-18-27-39-50)52(51)46-56(3,4)60-43-29-14-8-11-20-32-49-36-24-17-25-37-49/h16-18,22-27,34-41,58H,7-15,19-21,28-33,42-47H2,1-6H3. The third kappa shape index (κ3) is 21.5. The molecule has 4 aromatic rings. The van der Waals surface area contributed by atoms with E-state index in [-0.39, 0.29) is 11.2 Å². The van der Waals surface area contributed by atoms with Crippen molar-refractivity contribution in [3.8, 4) is 5.75 Å². The van der Waals surface area contributed by atoms with Gasteiger partial charge in [-0.25, -0.2) is 0 Å². The quantitative estimate of drug-likeness (QED) is 0.0486. The molecule has 0 heterocycles. The Hall–Kier alpha value is -3.44. The zero-order valence-electron chi connectivity index (χ0n) is 39.5. The molecule has 0 radical (unpaired) electrons. The molecule has 0 atom stereocenters. The minimum absolute atomic E-state index is 0.338. The molecule has 0 fully saturated rings. The lowest BCUT2D eigenvalue weighted by molar-refractivity contribution is -0.0253. The predicted molar refractivity (Wildman–Crippen MR) is 259 cm³/mol. The second kappa shape index (κ2) is 27.6. The van der Waals surface area contributed by atoms with Crippen molar-refractivity contribution in [2.75, 3.05) is 19.8 Å². The fourth-order valence-electron chi connectivity index (χ4n) is 8.64. The van der Waals surface area contributed by atoms with E-state index >= 15 is 0 Å². The number of rotatable bonds is 33. The summed E-state index contributed by atoms with van der Waals surface area (Å²) >= 11 is 0. The topological polar surface area (TPSA) is 47.9 Å². The van der Waals surface area contributed by atoms with Gasteiger partial charge >= 0.3 is 0 Å². The Labute approximate surface area is 373 Å². The van der Waals surface area contributed by atoms with E-state index in [1.165, 1.54) is 105 Å². The summed E-state index contributed by atoms with van der Waals surface area (Å²) in [4.78, 5) is 0. The summed E-state index contributed by atoms with van der Waals surface area (Å²) in [5.41, 5.74) is 6.58. The van der Waals surface area contributed by atoms with Crippen LogP contribution in [0.3, 0.4) is 0 Å². The van der Waals surface area contributed by atoms with E-state index in [9.17, 15) is 5.11 Å². The molecule has 0 bridgehead atoms. The van der Waals surface area contributed by atoms with Crippen LogP contribution in [0.15, 0.2) is 103 Å². The predicted octanol–water partition coefficient (Wildman–Crippen LogP) is 15.0. The van der Waals surface area contributed by atoms with Gasteiger partial charge in [-0.2, -0.15) is 0 Å². The normalized spacial score (nSPS) is 12.3. The second-order valence-corrected chi connectivity index (χ2v) is 19.6. The van der Waals surface area contributed by atoms with Gasteiger partial charge in [0.05, 0.1) is 16.8 Å². The highest BCUT2D eigenvalue weighted by molar-refractivity contribution is 5.46. The van der Waals surface area contributed by atoms with Crippen LogP contribution in [0.1, 0.15) is 171 Å². The molecular formula is C57H84O4. The van der Waals surface area contributed by atoms with E-state index in [4.69, 9.17) is 14.2 Å². The lowest BCUT2D eigenvalue weighted by Crippen LogP contribution is -2.33. The highest BCUT2D eigenvalue weighted by atomic mass is 16.5. The van der Waals surface area contributed by atoms with E-state index in [1.807, 2.05) is 6.07 Å². The van der Waals surface area contributed by atoms with E-state index in [1.54, 1.807) is 0 Å². The zero-order chi connectivity index (χ0) is 43.7. The molecule has 0 aliphatic heterocycles. The Bertz CT molecular complexity index is 1710. The maximum atomic E-state index is 11.5. The molecule has 336 valence electrons. The molecule has 0 aliphatic carbocycles. The molecule has 0 saturated carbocycles. The van der Waals surface area contributed by atoms with Gasteiger partial charge in [0.1, 0.15) is 5.75 Å². The average Bonchev–Trinajstić information content (AvgIpc) is 3.24. The molecule has 4 rings (SSSR count). The minimum Gasteiger partial charge on any atom is -0.508 e. The maximum absolute atomic E-state index is 11.5. The molecule has 1 N–H and O–H groups in total. The molecule has 0 unspecified atom stereocenters. The average molecular weight is 833 g/mol. The first-order valence-corrected chi connectivity index (χ1v) is 24.3. The number of hydrogen-bond acceptors (Lipinski definition) is 4. The Morgan fingerprint density at radius 1 is 0.344 bits per heavy atom. The molecule has 0 amide bonds. The van der Waals surface area contributed by atoms with Gasteiger partial charge in [0, 0.05) is 44.6 Å². The van der Waals surface area contributed by atoms with Crippen LogP contribution >= 0.6 is 0 Å². The fraction of sp³-hybridized carbons (Fsp3) is 0.579. The molecule has 0 aliphatic rings. The third-order valence-electron chi connectivity index (χ3n) is 12.2. The van der Waals surface area contributed by atoms with Crippen LogP contribution in [-0.4, -0.2) is 41.7 Å². The van der Waals surface area contributed by atoms with Crippen molar-refractivity contribution < 1.29 is 19.3 Å². The molecule has 61 heavy (non-hydrogen) atoms. The summed E-state index contributed by atoms with van der Waals surface area (Å²) in [5.74, 6) is 0.353. The monoisotopic (exact) mass is 833 g/mol. The number of aryl methyl sites for hydroxylation is 3. The molecule has 0 aromatic heterocycles. The highest BCUT2D eigenvalue weighted by Crippen LogP contribution is 2.35. The third-order valence-corrected chi connectivity index (χ3v) is 12.2. The molecule has 0 saturated heterocycles. The summed E-state index contributed by atoms with van der Waals surface area (Å²) in [6.45, 7) is 15.5. The van der Waals surface area contributed by atoms with Crippen molar-refractivity contribution >= 4 is 0 Å². The summed E-state index contributed by atoms with van der Waals surface area (Å²) in [5, 5.41) is 11.5. The van der Waals surface area contributed by atoms with Gasteiger partial charge in [-0.1, -0.05) is 155 Å². The maximum Gasteiger partial charge on any atom is 0.119 e. The molecule has 4 heteroatoms.